The largest absolute Gasteiger partial charge is 0.390 e. The first-order valence-corrected chi connectivity index (χ1v) is 10.5. The molecule has 2 N–H and O–H groups in total. The Morgan fingerprint density at radius 2 is 1.92 bits per heavy atom. The molecule has 0 aromatic heterocycles. The lowest BCUT2D eigenvalue weighted by Crippen LogP contribution is -2.49. The molecule has 4 rings (SSSR count). The Bertz CT molecular complexity index is 592. The van der Waals surface area contributed by atoms with E-state index < -0.39 is 0 Å². The van der Waals surface area contributed by atoms with E-state index in [-0.39, 0.29) is 17.6 Å². The van der Waals surface area contributed by atoms with E-state index >= 15 is 0 Å². The number of hydrogen-bond acceptors (Lipinski definition) is 4. The van der Waals surface area contributed by atoms with Crippen molar-refractivity contribution in [3.63, 3.8) is 0 Å². The molecule has 4 nitrogen and oxygen atoms in total. The van der Waals surface area contributed by atoms with Crippen LogP contribution in [-0.4, -0.2) is 56.0 Å². The van der Waals surface area contributed by atoms with Crippen LogP contribution in [0.15, 0.2) is 24.3 Å². The van der Waals surface area contributed by atoms with E-state index in [1.165, 1.54) is 36.8 Å². The predicted octanol–water partition coefficient (Wildman–Crippen LogP) is 2.86. The van der Waals surface area contributed by atoms with Crippen molar-refractivity contribution < 1.29 is 9.84 Å². The summed E-state index contributed by atoms with van der Waals surface area (Å²) >= 11 is 0. The summed E-state index contributed by atoms with van der Waals surface area (Å²) in [5.74, 6) is 0.822. The maximum atomic E-state index is 11.5. The fourth-order valence-electron chi connectivity index (χ4n) is 5.71. The summed E-state index contributed by atoms with van der Waals surface area (Å²) in [5.41, 5.74) is 2.77. The molecule has 2 aliphatic heterocycles. The van der Waals surface area contributed by atoms with Crippen LogP contribution in [0, 0.1) is 5.92 Å². The minimum absolute atomic E-state index is 0.0399. The number of benzene rings is 1. The Kier molecular flexibility index (Phi) is 5.65. The molecule has 144 valence electrons. The van der Waals surface area contributed by atoms with Gasteiger partial charge in [-0.2, -0.15) is 0 Å². The fraction of sp³-hybridized carbons (Fsp3) is 0.727. The Labute approximate surface area is 157 Å². The quantitative estimate of drug-likeness (QED) is 0.795. The smallest absolute Gasteiger partial charge is 0.0834 e. The lowest BCUT2D eigenvalue weighted by Gasteiger charge is -2.42. The zero-order valence-corrected chi connectivity index (χ0v) is 16.1. The van der Waals surface area contributed by atoms with Gasteiger partial charge in [-0.25, -0.2) is 0 Å². The van der Waals surface area contributed by atoms with Crippen molar-refractivity contribution in [3.8, 4) is 0 Å². The van der Waals surface area contributed by atoms with Crippen molar-refractivity contribution in [2.24, 2.45) is 5.92 Å². The van der Waals surface area contributed by atoms with E-state index in [0.29, 0.717) is 0 Å². The third kappa shape index (κ3) is 3.22. The highest BCUT2D eigenvalue weighted by Gasteiger charge is 2.53. The molecule has 2 atom stereocenters. The second-order valence-electron chi connectivity index (χ2n) is 8.50. The minimum Gasteiger partial charge on any atom is -0.390 e. The molecular formula is C22H34N2O2. The van der Waals surface area contributed by atoms with Crippen LogP contribution in [-0.2, 0) is 10.2 Å². The van der Waals surface area contributed by atoms with Crippen LogP contribution >= 0.6 is 0 Å². The zero-order chi connectivity index (χ0) is 18.0. The van der Waals surface area contributed by atoms with Crippen LogP contribution in [0.25, 0.3) is 0 Å². The molecule has 2 fully saturated rings. The highest BCUT2D eigenvalue weighted by Crippen LogP contribution is 2.52. The molecule has 0 saturated carbocycles. The van der Waals surface area contributed by atoms with Gasteiger partial charge in [-0.3, -0.25) is 4.90 Å². The minimum atomic E-state index is -0.271. The van der Waals surface area contributed by atoms with Gasteiger partial charge in [-0.15, -0.1) is 0 Å². The van der Waals surface area contributed by atoms with Crippen LogP contribution < -0.4 is 5.32 Å². The summed E-state index contributed by atoms with van der Waals surface area (Å²) in [7, 11) is 1.79. The van der Waals surface area contributed by atoms with Crippen LogP contribution in [0.5, 0.6) is 0 Å². The van der Waals surface area contributed by atoms with Crippen molar-refractivity contribution in [3.05, 3.63) is 35.4 Å². The molecule has 0 unspecified atom stereocenters. The molecule has 1 aromatic carbocycles. The Balaban J connectivity index is 1.49. The summed E-state index contributed by atoms with van der Waals surface area (Å²) < 4.78 is 5.20. The first-order valence-electron chi connectivity index (χ1n) is 10.5. The van der Waals surface area contributed by atoms with Gasteiger partial charge in [0, 0.05) is 19.1 Å². The third-order valence-electron chi connectivity index (χ3n) is 7.18. The monoisotopic (exact) mass is 358 g/mol. The van der Waals surface area contributed by atoms with E-state index in [1.807, 2.05) is 0 Å². The van der Waals surface area contributed by atoms with Gasteiger partial charge in [0.05, 0.1) is 12.1 Å². The summed E-state index contributed by atoms with van der Waals surface area (Å²) in [6, 6.07) is 9.03. The van der Waals surface area contributed by atoms with E-state index in [9.17, 15) is 5.11 Å². The molecule has 0 radical (unpaired) electrons. The summed E-state index contributed by atoms with van der Waals surface area (Å²) in [6.45, 7) is 5.13. The van der Waals surface area contributed by atoms with Crippen molar-refractivity contribution in [2.75, 3.05) is 39.9 Å². The first kappa shape index (κ1) is 18.4. The van der Waals surface area contributed by atoms with Gasteiger partial charge >= 0.3 is 0 Å². The number of ether oxygens (including phenoxy) is 1. The Morgan fingerprint density at radius 3 is 2.65 bits per heavy atom. The fourth-order valence-corrected chi connectivity index (χ4v) is 5.71. The van der Waals surface area contributed by atoms with Crippen LogP contribution in [0.4, 0.5) is 0 Å². The van der Waals surface area contributed by atoms with Gasteiger partial charge in [-0.05, 0) is 81.7 Å². The van der Waals surface area contributed by atoms with Crippen molar-refractivity contribution >= 4 is 0 Å². The average Bonchev–Trinajstić information content (AvgIpc) is 2.92. The van der Waals surface area contributed by atoms with Crippen LogP contribution in [0.2, 0.25) is 0 Å². The number of aliphatic hydroxyl groups excluding tert-OH is 1. The molecule has 0 amide bonds. The van der Waals surface area contributed by atoms with E-state index in [0.717, 1.165) is 51.5 Å². The van der Waals surface area contributed by atoms with Crippen LogP contribution in [0.3, 0.4) is 0 Å². The topological polar surface area (TPSA) is 44.7 Å². The predicted molar refractivity (Wildman–Crippen MR) is 104 cm³/mol. The zero-order valence-electron chi connectivity index (χ0n) is 16.1. The highest BCUT2D eigenvalue weighted by molar-refractivity contribution is 5.45. The summed E-state index contributed by atoms with van der Waals surface area (Å²) in [4.78, 5) is 2.58. The number of aliphatic hydroxyl groups is 1. The number of methoxy groups -OCH3 is 1. The normalized spacial score (nSPS) is 29.2. The molecule has 4 heteroatoms. The molecular weight excluding hydrogens is 324 g/mol. The molecule has 1 aromatic rings. The van der Waals surface area contributed by atoms with Gasteiger partial charge in [0.2, 0.25) is 0 Å². The van der Waals surface area contributed by atoms with E-state index in [4.69, 9.17) is 4.74 Å². The first-order chi connectivity index (χ1) is 12.8. The number of likely N-dealkylation sites (tertiary alicyclic amines) is 1. The number of piperidine rings is 2. The molecule has 1 spiro atoms. The standard InChI is InChI=1S/C22H34N2O2/c1-26-16-4-5-17-8-14-24(15-9-17)20-18-6-2-3-7-19(18)22(21(20)25)10-12-23-13-11-22/h2-3,6-7,17,20-21,23,25H,4-5,8-16H2,1H3/t20-,21+/m1/s1. The van der Waals surface area contributed by atoms with Crippen LogP contribution in [0.1, 0.15) is 55.7 Å². The van der Waals surface area contributed by atoms with Gasteiger partial charge < -0.3 is 15.2 Å². The molecule has 2 heterocycles. The van der Waals surface area contributed by atoms with Gasteiger partial charge in [0.25, 0.3) is 0 Å². The average molecular weight is 359 g/mol. The molecule has 0 bridgehead atoms. The summed E-state index contributed by atoms with van der Waals surface area (Å²) in [6.07, 6.45) is 6.79. The third-order valence-corrected chi connectivity index (χ3v) is 7.18. The maximum Gasteiger partial charge on any atom is 0.0834 e. The van der Waals surface area contributed by atoms with Crippen molar-refractivity contribution in [1.29, 1.82) is 0 Å². The molecule has 2 saturated heterocycles. The van der Waals surface area contributed by atoms with Crippen molar-refractivity contribution in [1.82, 2.24) is 10.2 Å². The summed E-state index contributed by atoms with van der Waals surface area (Å²) in [5, 5.41) is 15.0. The van der Waals surface area contributed by atoms with E-state index in [2.05, 4.69) is 34.5 Å². The van der Waals surface area contributed by atoms with Crippen molar-refractivity contribution in [2.45, 2.75) is 56.1 Å². The van der Waals surface area contributed by atoms with Gasteiger partial charge in [-0.1, -0.05) is 24.3 Å². The molecule has 26 heavy (non-hydrogen) atoms. The lowest BCUT2D eigenvalue weighted by molar-refractivity contribution is -0.0135. The van der Waals surface area contributed by atoms with E-state index in [1.54, 1.807) is 7.11 Å². The lowest BCUT2D eigenvalue weighted by atomic mass is 9.72. The number of nitrogens with zero attached hydrogens (tertiary/aromatic N) is 1. The highest BCUT2D eigenvalue weighted by atomic mass is 16.5. The Hall–Kier alpha value is -0.940. The SMILES string of the molecule is COCCCC1CCN([C@@H]2c3ccccc3C3(CCNCC3)[C@H]2O)CC1. The second-order valence-corrected chi connectivity index (χ2v) is 8.50. The Morgan fingerprint density at radius 1 is 1.19 bits per heavy atom. The van der Waals surface area contributed by atoms with Gasteiger partial charge in [0.1, 0.15) is 0 Å². The number of hydrogen-bond donors (Lipinski definition) is 2. The maximum absolute atomic E-state index is 11.5. The van der Waals surface area contributed by atoms with Gasteiger partial charge in [0.15, 0.2) is 0 Å². The number of rotatable bonds is 5. The second kappa shape index (κ2) is 7.97. The molecule has 1 aliphatic carbocycles. The number of fused-ring (bicyclic) bond motifs is 2. The molecule has 3 aliphatic rings. The number of nitrogens with one attached hydrogen (secondary N) is 1.